The van der Waals surface area contributed by atoms with Crippen LogP contribution in [0.1, 0.15) is 40.9 Å². The van der Waals surface area contributed by atoms with Crippen LogP contribution in [0.15, 0.2) is 36.5 Å². The third-order valence-corrected chi connectivity index (χ3v) is 4.97. The molecule has 1 aliphatic heterocycles. The van der Waals surface area contributed by atoms with Gasteiger partial charge in [0.1, 0.15) is 0 Å². The van der Waals surface area contributed by atoms with Gasteiger partial charge in [-0.25, -0.2) is 0 Å². The maximum absolute atomic E-state index is 13.2. The van der Waals surface area contributed by atoms with Crippen LogP contribution in [0.2, 0.25) is 0 Å². The first-order chi connectivity index (χ1) is 13.1. The zero-order chi connectivity index (χ0) is 19.2. The third kappa shape index (κ3) is 4.74. The van der Waals surface area contributed by atoms with Crippen molar-refractivity contribution < 1.29 is 19.4 Å². The molecule has 0 saturated carbocycles. The average molecular weight is 371 g/mol. The Balaban J connectivity index is 1.79. The summed E-state index contributed by atoms with van der Waals surface area (Å²) in [5.41, 5.74) is 2.42. The molecule has 0 atom stereocenters. The molecule has 1 N–H and O–H groups in total. The molecular formula is C20H25N3O4. The van der Waals surface area contributed by atoms with Crippen molar-refractivity contribution in [1.29, 1.82) is 0 Å². The summed E-state index contributed by atoms with van der Waals surface area (Å²) in [6.07, 6.45) is 2.97. The molecular weight excluding hydrogens is 346 g/mol. The highest BCUT2D eigenvalue weighted by atomic mass is 16.5. The van der Waals surface area contributed by atoms with Crippen molar-refractivity contribution in [3.8, 4) is 0 Å². The molecule has 0 unspecified atom stereocenters. The van der Waals surface area contributed by atoms with Crippen molar-refractivity contribution in [2.24, 2.45) is 0 Å². The highest BCUT2D eigenvalue weighted by Crippen LogP contribution is 2.20. The molecule has 1 amide bonds. The molecule has 1 aromatic carbocycles. The van der Waals surface area contributed by atoms with Gasteiger partial charge in [0.25, 0.3) is 5.91 Å². The van der Waals surface area contributed by atoms with Crippen LogP contribution < -0.4 is 0 Å². The topological polar surface area (TPSA) is 84.7 Å². The summed E-state index contributed by atoms with van der Waals surface area (Å²) < 4.78 is 7.19. The fourth-order valence-corrected chi connectivity index (χ4v) is 3.39. The van der Waals surface area contributed by atoms with Crippen LogP contribution in [-0.4, -0.2) is 57.5 Å². The molecule has 1 saturated heterocycles. The van der Waals surface area contributed by atoms with Gasteiger partial charge in [0.15, 0.2) is 0 Å². The van der Waals surface area contributed by atoms with Crippen LogP contribution in [0.25, 0.3) is 0 Å². The molecule has 2 heterocycles. The summed E-state index contributed by atoms with van der Waals surface area (Å²) in [4.78, 5) is 25.9. The first-order valence-corrected chi connectivity index (χ1v) is 9.23. The molecule has 3 rings (SSSR count). The first kappa shape index (κ1) is 19.1. The highest BCUT2D eigenvalue weighted by molar-refractivity contribution is 5.95. The average Bonchev–Trinajstić information content (AvgIpc) is 3.03. The molecule has 27 heavy (non-hydrogen) atoms. The fourth-order valence-electron chi connectivity index (χ4n) is 3.39. The van der Waals surface area contributed by atoms with Crippen molar-refractivity contribution in [2.45, 2.75) is 38.8 Å². The molecule has 2 aromatic rings. The zero-order valence-electron chi connectivity index (χ0n) is 15.5. The summed E-state index contributed by atoms with van der Waals surface area (Å²) in [5.74, 6) is -1.06. The quantitative estimate of drug-likeness (QED) is 0.807. The number of nitrogens with zero attached hydrogens (tertiary/aromatic N) is 3. The smallest absolute Gasteiger partial charge is 0.305 e. The number of aliphatic carboxylic acids is 1. The van der Waals surface area contributed by atoms with E-state index in [9.17, 15) is 9.59 Å². The molecule has 1 aromatic heterocycles. The van der Waals surface area contributed by atoms with Gasteiger partial charge in [0.2, 0.25) is 0 Å². The Morgan fingerprint density at radius 2 is 1.96 bits per heavy atom. The second kappa shape index (κ2) is 8.81. The first-order valence-electron chi connectivity index (χ1n) is 9.23. The van der Waals surface area contributed by atoms with Crippen LogP contribution in [0.4, 0.5) is 0 Å². The molecule has 7 heteroatoms. The fraction of sp³-hybridized carbons (Fsp3) is 0.450. The minimum Gasteiger partial charge on any atom is -0.481 e. The SMILES string of the molecule is Cc1c(C(=O)N(CCC(=O)O)C2CCOCC2)cnn1Cc1ccccc1. The number of carbonyl (C=O) groups excluding carboxylic acids is 1. The monoisotopic (exact) mass is 371 g/mol. The van der Waals surface area contributed by atoms with Gasteiger partial charge < -0.3 is 14.7 Å². The number of amides is 1. The van der Waals surface area contributed by atoms with E-state index in [0.29, 0.717) is 25.3 Å². The Labute approximate surface area is 158 Å². The largest absolute Gasteiger partial charge is 0.481 e. The van der Waals surface area contributed by atoms with Crippen LogP contribution >= 0.6 is 0 Å². The molecule has 1 aliphatic rings. The third-order valence-electron chi connectivity index (χ3n) is 4.97. The van der Waals surface area contributed by atoms with E-state index in [-0.39, 0.29) is 24.9 Å². The lowest BCUT2D eigenvalue weighted by atomic mass is 10.0. The Morgan fingerprint density at radius 1 is 1.26 bits per heavy atom. The second-order valence-electron chi connectivity index (χ2n) is 6.77. The second-order valence-corrected chi connectivity index (χ2v) is 6.77. The number of aromatic nitrogens is 2. The standard InChI is InChI=1S/C20H25N3O4/c1-15-18(13-21-23(15)14-16-5-3-2-4-6-16)20(26)22(10-7-19(24)25)17-8-11-27-12-9-17/h2-6,13,17H,7-12,14H2,1H3,(H,24,25). The molecule has 0 spiro atoms. The normalized spacial score (nSPS) is 14.9. The summed E-state index contributed by atoms with van der Waals surface area (Å²) in [6.45, 7) is 3.85. The van der Waals surface area contributed by atoms with E-state index in [0.717, 1.165) is 24.1 Å². The molecule has 0 radical (unpaired) electrons. The van der Waals surface area contributed by atoms with Crippen LogP contribution in [0.5, 0.6) is 0 Å². The van der Waals surface area contributed by atoms with E-state index >= 15 is 0 Å². The van der Waals surface area contributed by atoms with Gasteiger partial charge in [0.05, 0.1) is 24.7 Å². The van der Waals surface area contributed by atoms with Gasteiger partial charge in [-0.2, -0.15) is 5.10 Å². The van der Waals surface area contributed by atoms with Gasteiger partial charge in [0, 0.05) is 31.5 Å². The number of carboxylic acids is 1. The predicted molar refractivity (Wildman–Crippen MR) is 99.6 cm³/mol. The predicted octanol–water partition coefficient (Wildman–Crippen LogP) is 2.34. The van der Waals surface area contributed by atoms with Gasteiger partial charge in [-0.05, 0) is 25.3 Å². The van der Waals surface area contributed by atoms with E-state index in [2.05, 4.69) is 5.10 Å². The lowest BCUT2D eigenvalue weighted by molar-refractivity contribution is -0.137. The summed E-state index contributed by atoms with van der Waals surface area (Å²) in [7, 11) is 0. The Bertz CT molecular complexity index is 782. The molecule has 7 nitrogen and oxygen atoms in total. The molecule has 1 fully saturated rings. The number of carbonyl (C=O) groups is 2. The maximum atomic E-state index is 13.2. The Kier molecular flexibility index (Phi) is 6.24. The summed E-state index contributed by atoms with van der Waals surface area (Å²) >= 11 is 0. The maximum Gasteiger partial charge on any atom is 0.305 e. The number of rotatable bonds is 7. The van der Waals surface area contributed by atoms with Crippen molar-refractivity contribution in [1.82, 2.24) is 14.7 Å². The van der Waals surface area contributed by atoms with Crippen molar-refractivity contribution >= 4 is 11.9 Å². The minimum atomic E-state index is -0.906. The van der Waals surface area contributed by atoms with E-state index < -0.39 is 5.97 Å². The van der Waals surface area contributed by atoms with E-state index in [1.54, 1.807) is 11.1 Å². The van der Waals surface area contributed by atoms with Crippen LogP contribution in [0, 0.1) is 6.92 Å². The van der Waals surface area contributed by atoms with Gasteiger partial charge in [-0.15, -0.1) is 0 Å². The van der Waals surface area contributed by atoms with E-state index in [1.165, 1.54) is 0 Å². The zero-order valence-corrected chi connectivity index (χ0v) is 15.5. The number of hydrogen-bond donors (Lipinski definition) is 1. The van der Waals surface area contributed by atoms with Crippen molar-refractivity contribution in [3.63, 3.8) is 0 Å². The Hall–Kier alpha value is -2.67. The summed E-state index contributed by atoms with van der Waals surface area (Å²) in [6, 6.07) is 9.94. The highest BCUT2D eigenvalue weighted by Gasteiger charge is 2.29. The number of hydrogen-bond acceptors (Lipinski definition) is 4. The van der Waals surface area contributed by atoms with Crippen LogP contribution in [0.3, 0.4) is 0 Å². The number of ether oxygens (including phenoxy) is 1. The Morgan fingerprint density at radius 3 is 2.63 bits per heavy atom. The number of carboxylic acid groups (broad SMARTS) is 1. The number of benzene rings is 1. The van der Waals surface area contributed by atoms with Gasteiger partial charge in [-0.1, -0.05) is 30.3 Å². The molecule has 144 valence electrons. The van der Waals surface area contributed by atoms with Gasteiger partial charge >= 0.3 is 5.97 Å². The molecule has 0 bridgehead atoms. The van der Waals surface area contributed by atoms with Crippen molar-refractivity contribution in [2.75, 3.05) is 19.8 Å². The lowest BCUT2D eigenvalue weighted by Crippen LogP contribution is -2.44. The summed E-state index contributed by atoms with van der Waals surface area (Å²) in [5, 5.41) is 13.4. The molecule has 0 aliphatic carbocycles. The van der Waals surface area contributed by atoms with Crippen molar-refractivity contribution in [3.05, 3.63) is 53.3 Å². The van der Waals surface area contributed by atoms with E-state index in [1.807, 2.05) is 41.9 Å². The minimum absolute atomic E-state index is 0.00229. The lowest BCUT2D eigenvalue weighted by Gasteiger charge is -2.34. The van der Waals surface area contributed by atoms with Crippen LogP contribution in [-0.2, 0) is 16.1 Å². The van der Waals surface area contributed by atoms with E-state index in [4.69, 9.17) is 9.84 Å². The van der Waals surface area contributed by atoms with Gasteiger partial charge in [-0.3, -0.25) is 14.3 Å².